The molecule has 0 aliphatic carbocycles. The van der Waals surface area contributed by atoms with Gasteiger partial charge in [0.1, 0.15) is 0 Å². The van der Waals surface area contributed by atoms with Crippen LogP contribution in [0, 0.1) is 0 Å². The molecule has 0 spiro atoms. The number of aryl methyl sites for hydroxylation is 1. The topological polar surface area (TPSA) is 31.9 Å². The maximum absolute atomic E-state index is 4.54. The minimum Gasteiger partial charge on any atom is -0.302 e. The van der Waals surface area contributed by atoms with Crippen molar-refractivity contribution in [3.8, 4) is 0 Å². The molecule has 3 heteroatoms. The lowest BCUT2D eigenvalue weighted by Gasteiger charge is -2.22. The summed E-state index contributed by atoms with van der Waals surface area (Å²) in [5.74, 6) is 0. The maximum Gasteiger partial charge on any atom is 0.0969 e. The standard InChI is InChI=1S/C15H19N3/c1-3-11-6-4-8-13-14(11)16-17-15(13)12-7-5-9-18(2)10-12/h4,6-8H,3,5,9-10H2,1-2H3,(H,16,17). The van der Waals surface area contributed by atoms with Crippen molar-refractivity contribution < 1.29 is 0 Å². The zero-order chi connectivity index (χ0) is 12.5. The second-order valence-corrected chi connectivity index (χ2v) is 5.02. The number of aromatic nitrogens is 2. The summed E-state index contributed by atoms with van der Waals surface area (Å²) >= 11 is 0. The Balaban J connectivity index is 2.10. The lowest BCUT2D eigenvalue weighted by atomic mass is 10.0. The highest BCUT2D eigenvalue weighted by atomic mass is 15.1. The zero-order valence-corrected chi connectivity index (χ0v) is 11.0. The number of nitrogens with zero attached hydrogens (tertiary/aromatic N) is 2. The molecule has 1 N–H and O–H groups in total. The van der Waals surface area contributed by atoms with Crippen LogP contribution in [0.1, 0.15) is 24.6 Å². The first-order valence-corrected chi connectivity index (χ1v) is 6.63. The summed E-state index contributed by atoms with van der Waals surface area (Å²) in [6.07, 6.45) is 4.49. The Bertz CT molecular complexity index is 595. The number of fused-ring (bicyclic) bond motifs is 1. The van der Waals surface area contributed by atoms with Crippen LogP contribution < -0.4 is 0 Å². The van der Waals surface area contributed by atoms with Crippen molar-refractivity contribution in [1.82, 2.24) is 15.1 Å². The molecule has 0 fully saturated rings. The molecule has 3 nitrogen and oxygen atoms in total. The molecule has 3 rings (SSSR count). The average molecular weight is 241 g/mol. The van der Waals surface area contributed by atoms with Gasteiger partial charge in [0, 0.05) is 18.5 Å². The Morgan fingerprint density at radius 1 is 1.39 bits per heavy atom. The van der Waals surface area contributed by atoms with Crippen LogP contribution in [-0.2, 0) is 6.42 Å². The number of H-pyrrole nitrogens is 1. The van der Waals surface area contributed by atoms with Gasteiger partial charge in [0.15, 0.2) is 0 Å². The molecule has 0 radical (unpaired) electrons. The van der Waals surface area contributed by atoms with Gasteiger partial charge in [-0.3, -0.25) is 5.10 Å². The number of benzene rings is 1. The molecular formula is C15H19N3. The number of para-hydroxylation sites is 1. The SMILES string of the molecule is CCc1cccc2c(C3=CCCN(C)C3)n[nH]c12. The van der Waals surface area contributed by atoms with E-state index in [0.717, 1.165) is 31.6 Å². The van der Waals surface area contributed by atoms with Crippen molar-refractivity contribution in [1.29, 1.82) is 0 Å². The monoisotopic (exact) mass is 241 g/mol. The quantitative estimate of drug-likeness (QED) is 0.876. The van der Waals surface area contributed by atoms with Crippen molar-refractivity contribution in [2.45, 2.75) is 19.8 Å². The van der Waals surface area contributed by atoms with Crippen LogP contribution in [-0.4, -0.2) is 35.2 Å². The molecule has 0 saturated carbocycles. The molecule has 1 aliphatic heterocycles. The smallest absolute Gasteiger partial charge is 0.0969 e. The van der Waals surface area contributed by atoms with Crippen molar-refractivity contribution in [3.63, 3.8) is 0 Å². The first kappa shape index (κ1) is 11.5. The molecule has 2 aromatic rings. The van der Waals surface area contributed by atoms with Gasteiger partial charge in [-0.25, -0.2) is 0 Å². The highest BCUT2D eigenvalue weighted by molar-refractivity contribution is 5.92. The summed E-state index contributed by atoms with van der Waals surface area (Å²) in [5, 5.41) is 9.01. The largest absolute Gasteiger partial charge is 0.302 e. The van der Waals surface area contributed by atoms with Gasteiger partial charge in [0.2, 0.25) is 0 Å². The average Bonchev–Trinajstić information content (AvgIpc) is 2.82. The predicted octanol–water partition coefficient (Wildman–Crippen LogP) is 2.84. The van der Waals surface area contributed by atoms with Gasteiger partial charge in [-0.15, -0.1) is 0 Å². The number of hydrogen-bond acceptors (Lipinski definition) is 2. The first-order valence-electron chi connectivity index (χ1n) is 6.63. The third kappa shape index (κ3) is 1.85. The summed E-state index contributed by atoms with van der Waals surface area (Å²) < 4.78 is 0. The maximum atomic E-state index is 4.54. The predicted molar refractivity (Wildman–Crippen MR) is 75.6 cm³/mol. The van der Waals surface area contributed by atoms with E-state index in [1.165, 1.54) is 22.0 Å². The highest BCUT2D eigenvalue weighted by Crippen LogP contribution is 2.27. The Kier molecular flexibility index (Phi) is 2.92. The van der Waals surface area contributed by atoms with Crippen LogP contribution in [0.4, 0.5) is 0 Å². The van der Waals surface area contributed by atoms with Gasteiger partial charge in [-0.1, -0.05) is 31.2 Å². The molecule has 94 valence electrons. The van der Waals surface area contributed by atoms with Gasteiger partial charge in [0.05, 0.1) is 11.2 Å². The van der Waals surface area contributed by atoms with E-state index in [1.54, 1.807) is 0 Å². The Labute approximate surface area is 107 Å². The molecule has 1 aliphatic rings. The van der Waals surface area contributed by atoms with Crippen LogP contribution in [0.5, 0.6) is 0 Å². The first-order chi connectivity index (χ1) is 8.79. The van der Waals surface area contributed by atoms with E-state index in [-0.39, 0.29) is 0 Å². The Morgan fingerprint density at radius 2 is 2.28 bits per heavy atom. The van der Waals surface area contributed by atoms with Crippen LogP contribution >= 0.6 is 0 Å². The van der Waals surface area contributed by atoms with Crippen molar-refractivity contribution >= 4 is 16.5 Å². The molecule has 0 saturated heterocycles. The van der Waals surface area contributed by atoms with Gasteiger partial charge >= 0.3 is 0 Å². The fourth-order valence-corrected chi connectivity index (χ4v) is 2.71. The van der Waals surface area contributed by atoms with Crippen LogP contribution in [0.3, 0.4) is 0 Å². The number of likely N-dealkylation sites (N-methyl/N-ethyl adjacent to an activating group) is 1. The number of rotatable bonds is 2. The molecule has 2 heterocycles. The Hall–Kier alpha value is -1.61. The van der Waals surface area contributed by atoms with E-state index in [9.17, 15) is 0 Å². The summed E-state index contributed by atoms with van der Waals surface area (Å²) in [4.78, 5) is 2.35. The van der Waals surface area contributed by atoms with E-state index >= 15 is 0 Å². The van der Waals surface area contributed by atoms with Gasteiger partial charge in [0.25, 0.3) is 0 Å². The van der Waals surface area contributed by atoms with Gasteiger partial charge in [-0.2, -0.15) is 5.10 Å². The summed E-state index contributed by atoms with van der Waals surface area (Å²) in [7, 11) is 2.17. The lowest BCUT2D eigenvalue weighted by Crippen LogP contribution is -2.25. The molecule has 18 heavy (non-hydrogen) atoms. The molecule has 0 unspecified atom stereocenters. The Morgan fingerprint density at radius 3 is 3.06 bits per heavy atom. The number of hydrogen-bond donors (Lipinski definition) is 1. The van der Waals surface area contributed by atoms with Crippen LogP contribution in [0.15, 0.2) is 24.3 Å². The molecular weight excluding hydrogens is 222 g/mol. The fraction of sp³-hybridized carbons (Fsp3) is 0.400. The van der Waals surface area contributed by atoms with E-state index in [4.69, 9.17) is 0 Å². The van der Waals surface area contributed by atoms with E-state index in [2.05, 4.69) is 53.3 Å². The minimum atomic E-state index is 0.996. The number of aromatic amines is 1. The summed E-state index contributed by atoms with van der Waals surface area (Å²) in [6.45, 7) is 4.32. The second-order valence-electron chi connectivity index (χ2n) is 5.02. The summed E-state index contributed by atoms with van der Waals surface area (Å²) in [6, 6.07) is 6.47. The third-order valence-electron chi connectivity index (χ3n) is 3.71. The summed E-state index contributed by atoms with van der Waals surface area (Å²) in [5.41, 5.74) is 5.02. The highest BCUT2D eigenvalue weighted by Gasteiger charge is 2.16. The van der Waals surface area contributed by atoms with Gasteiger partial charge in [-0.05, 0) is 31.0 Å². The van der Waals surface area contributed by atoms with Crippen molar-refractivity contribution in [2.24, 2.45) is 0 Å². The molecule has 1 aromatic heterocycles. The lowest BCUT2D eigenvalue weighted by molar-refractivity contribution is 0.372. The van der Waals surface area contributed by atoms with Crippen molar-refractivity contribution in [3.05, 3.63) is 35.5 Å². The van der Waals surface area contributed by atoms with E-state index < -0.39 is 0 Å². The number of nitrogens with one attached hydrogen (secondary N) is 1. The minimum absolute atomic E-state index is 0.996. The van der Waals surface area contributed by atoms with Gasteiger partial charge < -0.3 is 4.90 Å². The molecule has 0 amide bonds. The molecule has 1 aromatic carbocycles. The van der Waals surface area contributed by atoms with E-state index in [1.807, 2.05) is 0 Å². The van der Waals surface area contributed by atoms with Crippen molar-refractivity contribution in [2.75, 3.05) is 20.1 Å². The van der Waals surface area contributed by atoms with E-state index in [0.29, 0.717) is 0 Å². The fourth-order valence-electron chi connectivity index (χ4n) is 2.71. The zero-order valence-electron chi connectivity index (χ0n) is 11.0. The third-order valence-corrected chi connectivity index (χ3v) is 3.71. The van der Waals surface area contributed by atoms with Crippen LogP contribution in [0.25, 0.3) is 16.5 Å². The second kappa shape index (κ2) is 4.58. The molecule has 0 bridgehead atoms. The molecule has 0 atom stereocenters. The normalized spacial score (nSPS) is 17.1. The van der Waals surface area contributed by atoms with Crippen LogP contribution in [0.2, 0.25) is 0 Å².